The monoisotopic (exact) mass is 370 g/mol. The topological polar surface area (TPSA) is 59.1 Å². The van der Waals surface area contributed by atoms with Crippen molar-refractivity contribution < 1.29 is 13.5 Å². The van der Waals surface area contributed by atoms with Gasteiger partial charge >= 0.3 is 0 Å². The first-order valence-corrected chi connectivity index (χ1v) is 8.48. The summed E-state index contributed by atoms with van der Waals surface area (Å²) in [5.74, 6) is 0.821. The van der Waals surface area contributed by atoms with Crippen molar-refractivity contribution in [3.8, 4) is 5.75 Å². The molecule has 0 spiro atoms. The highest BCUT2D eigenvalue weighted by molar-refractivity contribution is 5.60. The Hall–Kier alpha value is -3.22. The maximum absolute atomic E-state index is 13.8. The molecule has 2 N–H and O–H groups in total. The third-order valence-electron chi connectivity index (χ3n) is 3.91. The first-order valence-electron chi connectivity index (χ1n) is 8.48. The molecule has 5 nitrogen and oxygen atoms in total. The van der Waals surface area contributed by atoms with Crippen LogP contribution in [0.5, 0.6) is 5.75 Å². The van der Waals surface area contributed by atoms with E-state index in [0.29, 0.717) is 24.0 Å². The third-order valence-corrected chi connectivity index (χ3v) is 3.91. The fraction of sp³-hybridized carbons (Fsp3) is 0.200. The van der Waals surface area contributed by atoms with Gasteiger partial charge in [0, 0.05) is 12.6 Å². The number of methoxy groups -OCH3 is 1. The SMILES string of the molecule is COc1cccc(CCNc2cc(Nc3c(F)cccc3F)nc(C)n2)c1. The second kappa shape index (κ2) is 8.44. The fourth-order valence-corrected chi connectivity index (χ4v) is 2.63. The summed E-state index contributed by atoms with van der Waals surface area (Å²) in [7, 11) is 1.63. The second-order valence-electron chi connectivity index (χ2n) is 5.94. The standard InChI is InChI=1S/C20H20F2N4O/c1-13-24-18(23-10-9-14-5-3-6-15(11-14)27-2)12-19(25-13)26-20-16(21)7-4-8-17(20)22/h3-8,11-12H,9-10H2,1-2H3,(H2,23,24,25,26). The van der Waals surface area contributed by atoms with E-state index in [-0.39, 0.29) is 5.69 Å². The normalized spacial score (nSPS) is 10.5. The summed E-state index contributed by atoms with van der Waals surface area (Å²) in [4.78, 5) is 8.50. The summed E-state index contributed by atoms with van der Waals surface area (Å²) in [6.45, 7) is 2.35. The average molecular weight is 370 g/mol. The largest absolute Gasteiger partial charge is 0.497 e. The van der Waals surface area contributed by atoms with E-state index >= 15 is 0 Å². The van der Waals surface area contributed by atoms with Crippen molar-refractivity contribution in [2.75, 3.05) is 24.3 Å². The first kappa shape index (κ1) is 18.6. The predicted molar refractivity (Wildman–Crippen MR) is 102 cm³/mol. The van der Waals surface area contributed by atoms with Crippen molar-refractivity contribution >= 4 is 17.3 Å². The van der Waals surface area contributed by atoms with Crippen molar-refractivity contribution in [1.29, 1.82) is 0 Å². The summed E-state index contributed by atoms with van der Waals surface area (Å²) in [5, 5.41) is 5.89. The number of anilines is 3. The van der Waals surface area contributed by atoms with Crippen LogP contribution in [-0.2, 0) is 6.42 Å². The number of aromatic nitrogens is 2. The van der Waals surface area contributed by atoms with E-state index in [9.17, 15) is 8.78 Å². The molecule has 3 aromatic rings. The van der Waals surface area contributed by atoms with Crippen LogP contribution in [0.15, 0.2) is 48.5 Å². The van der Waals surface area contributed by atoms with Crippen molar-refractivity contribution in [3.63, 3.8) is 0 Å². The minimum Gasteiger partial charge on any atom is -0.497 e. The van der Waals surface area contributed by atoms with E-state index in [1.165, 1.54) is 18.2 Å². The van der Waals surface area contributed by atoms with Gasteiger partial charge in [0.2, 0.25) is 0 Å². The fourth-order valence-electron chi connectivity index (χ4n) is 2.63. The molecule has 1 aromatic heterocycles. The number of nitrogens with one attached hydrogen (secondary N) is 2. The molecule has 27 heavy (non-hydrogen) atoms. The van der Waals surface area contributed by atoms with Crippen molar-refractivity contribution in [3.05, 3.63) is 71.6 Å². The average Bonchev–Trinajstić information content (AvgIpc) is 2.65. The number of aryl methyl sites for hydroxylation is 1. The van der Waals surface area contributed by atoms with Crippen LogP contribution in [0.3, 0.4) is 0 Å². The van der Waals surface area contributed by atoms with E-state index in [1.54, 1.807) is 20.1 Å². The molecule has 0 saturated heterocycles. The van der Waals surface area contributed by atoms with Crippen LogP contribution in [0.1, 0.15) is 11.4 Å². The van der Waals surface area contributed by atoms with Gasteiger partial charge in [-0.1, -0.05) is 18.2 Å². The van der Waals surface area contributed by atoms with Gasteiger partial charge in [0.25, 0.3) is 0 Å². The van der Waals surface area contributed by atoms with Crippen LogP contribution in [0.4, 0.5) is 26.1 Å². The molecule has 0 amide bonds. The first-order chi connectivity index (χ1) is 13.0. The molecule has 0 aliphatic carbocycles. The minimum atomic E-state index is -0.682. The molecule has 3 rings (SSSR count). The maximum atomic E-state index is 13.8. The lowest BCUT2D eigenvalue weighted by atomic mass is 10.1. The Morgan fingerprint density at radius 3 is 2.41 bits per heavy atom. The number of benzene rings is 2. The zero-order valence-corrected chi connectivity index (χ0v) is 15.1. The van der Waals surface area contributed by atoms with Gasteiger partial charge in [0.15, 0.2) is 0 Å². The third kappa shape index (κ3) is 4.91. The number of rotatable bonds is 7. The van der Waals surface area contributed by atoms with Gasteiger partial charge in [-0.25, -0.2) is 18.7 Å². The number of para-hydroxylation sites is 1. The van der Waals surface area contributed by atoms with Gasteiger partial charge in [-0.05, 0) is 43.2 Å². The summed E-state index contributed by atoms with van der Waals surface area (Å²) >= 11 is 0. The highest BCUT2D eigenvalue weighted by Crippen LogP contribution is 2.23. The Balaban J connectivity index is 1.68. The predicted octanol–water partition coefficient (Wildman–Crippen LogP) is 4.47. The highest BCUT2D eigenvalue weighted by Gasteiger charge is 2.10. The van der Waals surface area contributed by atoms with E-state index in [4.69, 9.17) is 4.74 Å². The smallest absolute Gasteiger partial charge is 0.149 e. The number of hydrogen-bond donors (Lipinski definition) is 2. The molecule has 0 bridgehead atoms. The molecular weight excluding hydrogens is 350 g/mol. The molecule has 1 heterocycles. The summed E-state index contributed by atoms with van der Waals surface area (Å²) in [5.41, 5.74) is 0.886. The minimum absolute atomic E-state index is 0.238. The summed E-state index contributed by atoms with van der Waals surface area (Å²) in [6, 6.07) is 13.1. The van der Waals surface area contributed by atoms with Crippen molar-refractivity contribution in [2.24, 2.45) is 0 Å². The number of hydrogen-bond acceptors (Lipinski definition) is 5. The second-order valence-corrected chi connectivity index (χ2v) is 5.94. The molecule has 0 fully saturated rings. The van der Waals surface area contributed by atoms with Crippen LogP contribution >= 0.6 is 0 Å². The van der Waals surface area contributed by atoms with Crippen LogP contribution in [0.2, 0.25) is 0 Å². The van der Waals surface area contributed by atoms with E-state index in [0.717, 1.165) is 17.7 Å². The lowest BCUT2D eigenvalue weighted by molar-refractivity contribution is 0.414. The van der Waals surface area contributed by atoms with E-state index in [1.807, 2.05) is 24.3 Å². The van der Waals surface area contributed by atoms with Crippen molar-refractivity contribution in [1.82, 2.24) is 9.97 Å². The van der Waals surface area contributed by atoms with Gasteiger partial charge in [0.1, 0.15) is 40.5 Å². The molecule has 0 radical (unpaired) electrons. The molecule has 7 heteroatoms. The lowest BCUT2D eigenvalue weighted by Gasteiger charge is -2.11. The van der Waals surface area contributed by atoms with Gasteiger partial charge in [-0.2, -0.15) is 0 Å². The molecule has 0 unspecified atom stereocenters. The number of halogens is 2. The quantitative estimate of drug-likeness (QED) is 0.643. The van der Waals surface area contributed by atoms with E-state index in [2.05, 4.69) is 20.6 Å². The molecule has 2 aromatic carbocycles. The van der Waals surface area contributed by atoms with Gasteiger partial charge in [0.05, 0.1) is 7.11 Å². The summed E-state index contributed by atoms with van der Waals surface area (Å²) < 4.78 is 32.9. The van der Waals surface area contributed by atoms with Crippen molar-refractivity contribution in [2.45, 2.75) is 13.3 Å². The van der Waals surface area contributed by atoms with Crippen LogP contribution < -0.4 is 15.4 Å². The van der Waals surface area contributed by atoms with Gasteiger partial charge < -0.3 is 15.4 Å². The molecule has 0 aliphatic rings. The maximum Gasteiger partial charge on any atom is 0.149 e. The van der Waals surface area contributed by atoms with Crippen LogP contribution in [0, 0.1) is 18.6 Å². The number of ether oxygens (including phenoxy) is 1. The zero-order valence-electron chi connectivity index (χ0n) is 15.1. The Labute approximate surface area is 156 Å². The summed E-state index contributed by atoms with van der Waals surface area (Å²) in [6.07, 6.45) is 0.769. The van der Waals surface area contributed by atoms with Gasteiger partial charge in [-0.3, -0.25) is 0 Å². The van der Waals surface area contributed by atoms with Gasteiger partial charge in [-0.15, -0.1) is 0 Å². The van der Waals surface area contributed by atoms with E-state index < -0.39 is 11.6 Å². The highest BCUT2D eigenvalue weighted by atomic mass is 19.1. The Bertz CT molecular complexity index is 913. The lowest BCUT2D eigenvalue weighted by Crippen LogP contribution is -2.09. The Morgan fingerprint density at radius 2 is 1.67 bits per heavy atom. The molecule has 140 valence electrons. The van der Waals surface area contributed by atoms with Crippen LogP contribution in [-0.4, -0.2) is 23.6 Å². The number of nitrogens with zero attached hydrogens (tertiary/aromatic N) is 2. The zero-order chi connectivity index (χ0) is 19.2. The Morgan fingerprint density at radius 1 is 0.963 bits per heavy atom. The molecular formula is C20H20F2N4O. The molecule has 0 atom stereocenters. The molecule has 0 aliphatic heterocycles. The van der Waals surface area contributed by atoms with Crippen LogP contribution in [0.25, 0.3) is 0 Å². The Kier molecular flexibility index (Phi) is 5.80. The molecule has 0 saturated carbocycles.